The average Bonchev–Trinajstić information content (AvgIpc) is 3.85. The number of furan rings is 1. The average molecular weight is 972 g/mol. The first-order chi connectivity index (χ1) is 28.7. The van der Waals surface area contributed by atoms with Gasteiger partial charge in [0.05, 0.1) is 36.2 Å². The predicted octanol–water partition coefficient (Wildman–Crippen LogP) is 13.9. The second kappa shape index (κ2) is 17.2. The zero-order valence-corrected chi connectivity index (χ0v) is 37.8. The van der Waals surface area contributed by atoms with Gasteiger partial charge in [0.1, 0.15) is 5.58 Å². The summed E-state index contributed by atoms with van der Waals surface area (Å²) in [4.78, 5) is 9.79. The van der Waals surface area contributed by atoms with E-state index in [0.717, 1.165) is 83.6 Å². The summed E-state index contributed by atoms with van der Waals surface area (Å²) in [6, 6.07) is 65.7. The van der Waals surface area contributed by atoms with Gasteiger partial charge in [-0.25, -0.2) is 0 Å². The molecule has 0 saturated carbocycles. The Balaban J connectivity index is 0.000000248. The van der Waals surface area contributed by atoms with E-state index in [9.17, 15) is 0 Å². The van der Waals surface area contributed by atoms with Gasteiger partial charge in [0.25, 0.3) is 0 Å². The molecule has 60 heavy (non-hydrogen) atoms. The third kappa shape index (κ3) is 7.94. The Bertz CT molecular complexity index is 2980. The number of hydrogen-bond acceptors (Lipinski definition) is 3. The van der Waals surface area contributed by atoms with Crippen molar-refractivity contribution in [2.75, 3.05) is 0 Å². The second-order valence-corrected chi connectivity index (χ2v) is 21.3. The molecular weight excluding hydrogens is 927 g/mol. The van der Waals surface area contributed by atoms with Crippen LogP contribution in [0, 0.1) is 12.1 Å². The minimum Gasteiger partial charge on any atom is -0.501 e. The van der Waals surface area contributed by atoms with Gasteiger partial charge in [0.2, 0.25) is 0 Å². The number of rotatable bonds is 7. The summed E-state index contributed by atoms with van der Waals surface area (Å²) < 4.78 is 8.96. The normalized spacial score (nSPS) is 11.4. The molecule has 6 heteroatoms. The maximum absolute atomic E-state index is 6.66. The van der Waals surface area contributed by atoms with Gasteiger partial charge in [0, 0.05) is 42.8 Å². The molecule has 0 amide bonds. The van der Waals surface area contributed by atoms with Gasteiger partial charge >= 0.3 is 0 Å². The standard InChI is InChI=1S/C40H29N2O.C14H16NSi.Ir/c1-26(2)29-23-24-32-33-19-12-20-34(39(33)43-37(32)25-29)40-41-35-21-9-10-22-36(35)42(40)38-30(27-13-5-3-6-14-27)17-11-18-31(38)28-15-7-4-8-16-28;1-16(2,3)13-9-10-14(15-11-13)12-7-5-4-6-8-12;/h3-19,21-26H,1-2H3;4-7,9-11H,1-3H3;/q2*-1;. The van der Waals surface area contributed by atoms with Crippen molar-refractivity contribution in [1.82, 2.24) is 14.5 Å². The third-order valence-electron chi connectivity index (χ3n) is 11.0. The Hall–Kier alpha value is -6.17. The fraction of sp³-hybridized carbons (Fsp3) is 0.111. The van der Waals surface area contributed by atoms with Crippen LogP contribution in [0.1, 0.15) is 25.3 Å². The number of benzene rings is 7. The van der Waals surface area contributed by atoms with E-state index in [-0.39, 0.29) is 20.1 Å². The second-order valence-electron chi connectivity index (χ2n) is 16.3. The molecule has 0 aliphatic rings. The largest absolute Gasteiger partial charge is 0.501 e. The molecule has 0 spiro atoms. The van der Waals surface area contributed by atoms with Crippen LogP contribution >= 0.6 is 0 Å². The Morgan fingerprint density at radius 1 is 0.633 bits per heavy atom. The fourth-order valence-corrected chi connectivity index (χ4v) is 8.77. The van der Waals surface area contributed by atoms with Crippen LogP contribution in [0.3, 0.4) is 0 Å². The molecule has 4 nitrogen and oxygen atoms in total. The summed E-state index contributed by atoms with van der Waals surface area (Å²) in [5.41, 5.74) is 13.4. The molecular formula is C54H45IrN3OSi-2. The maximum Gasteiger partial charge on any atom is 0.121 e. The number of imidazole rings is 1. The molecule has 0 bridgehead atoms. The summed E-state index contributed by atoms with van der Waals surface area (Å²) in [7, 11) is -1.23. The van der Waals surface area contributed by atoms with Crippen molar-refractivity contribution < 1.29 is 24.5 Å². The van der Waals surface area contributed by atoms with Crippen molar-refractivity contribution in [2.24, 2.45) is 0 Å². The van der Waals surface area contributed by atoms with Crippen LogP contribution in [-0.4, -0.2) is 22.6 Å². The van der Waals surface area contributed by atoms with Crippen molar-refractivity contribution in [3.63, 3.8) is 0 Å². The number of fused-ring (bicyclic) bond motifs is 4. The number of para-hydroxylation sites is 3. The third-order valence-corrected chi connectivity index (χ3v) is 13.0. The van der Waals surface area contributed by atoms with Gasteiger partial charge in [0.15, 0.2) is 0 Å². The van der Waals surface area contributed by atoms with Crippen LogP contribution in [0.5, 0.6) is 0 Å². The summed E-state index contributed by atoms with van der Waals surface area (Å²) in [6.07, 6.45) is 2.02. The molecule has 3 aromatic heterocycles. The van der Waals surface area contributed by atoms with E-state index >= 15 is 0 Å². The molecule has 3 heterocycles. The minimum atomic E-state index is -1.23. The van der Waals surface area contributed by atoms with Crippen molar-refractivity contribution in [3.8, 4) is 50.6 Å². The van der Waals surface area contributed by atoms with E-state index in [1.54, 1.807) is 0 Å². The van der Waals surface area contributed by atoms with Crippen molar-refractivity contribution in [1.29, 1.82) is 0 Å². The van der Waals surface area contributed by atoms with Crippen LogP contribution in [-0.2, 0) is 20.1 Å². The summed E-state index contributed by atoms with van der Waals surface area (Å²) in [5, 5.41) is 3.57. The summed E-state index contributed by atoms with van der Waals surface area (Å²) in [5.74, 6) is 1.22. The van der Waals surface area contributed by atoms with Crippen LogP contribution in [0.2, 0.25) is 19.6 Å². The molecule has 0 saturated heterocycles. The Morgan fingerprint density at radius 3 is 1.95 bits per heavy atom. The molecule has 0 aliphatic heterocycles. The van der Waals surface area contributed by atoms with E-state index in [1.165, 1.54) is 10.8 Å². The van der Waals surface area contributed by atoms with Gasteiger partial charge in [-0.3, -0.25) is 4.98 Å². The molecule has 0 unspecified atom stereocenters. The van der Waals surface area contributed by atoms with Gasteiger partial charge in [-0.1, -0.05) is 160 Å². The van der Waals surface area contributed by atoms with Crippen LogP contribution in [0.15, 0.2) is 180 Å². The first-order valence-electron chi connectivity index (χ1n) is 20.3. The molecule has 1 radical (unpaired) electrons. The zero-order chi connectivity index (χ0) is 40.5. The number of aromatic nitrogens is 3. The quantitative estimate of drug-likeness (QED) is 0.118. The van der Waals surface area contributed by atoms with Gasteiger partial charge in [-0.05, 0) is 51.7 Å². The van der Waals surface area contributed by atoms with E-state index in [4.69, 9.17) is 9.40 Å². The van der Waals surface area contributed by atoms with Gasteiger partial charge < -0.3 is 14.0 Å². The molecule has 10 aromatic rings. The molecule has 0 aliphatic carbocycles. The molecule has 7 aromatic carbocycles. The Kier molecular flexibility index (Phi) is 11.6. The SMILES string of the molecule is CC(C)c1ccc2c(c1)oc1c(-c3nc4ccccc4n3-c3c(-c4ccccc4)cccc3-c3ccccc3)[c-]ccc12.C[Si](C)(C)c1ccc(-c2[c-]cccc2)nc1.[Ir]. The zero-order valence-electron chi connectivity index (χ0n) is 34.4. The van der Waals surface area contributed by atoms with E-state index < -0.39 is 8.07 Å². The van der Waals surface area contributed by atoms with Crippen LogP contribution < -0.4 is 5.19 Å². The van der Waals surface area contributed by atoms with Crippen LogP contribution in [0.25, 0.3) is 83.6 Å². The van der Waals surface area contributed by atoms with Gasteiger partial charge in [-0.15, -0.1) is 54.1 Å². The number of hydrogen-bond donors (Lipinski definition) is 0. The van der Waals surface area contributed by atoms with Crippen LogP contribution in [0.4, 0.5) is 0 Å². The summed E-state index contributed by atoms with van der Waals surface area (Å²) in [6.45, 7) is 11.4. The first-order valence-corrected chi connectivity index (χ1v) is 23.8. The van der Waals surface area contributed by atoms with Crippen molar-refractivity contribution in [2.45, 2.75) is 39.4 Å². The molecule has 0 N–H and O–H groups in total. The minimum absolute atomic E-state index is 0. The topological polar surface area (TPSA) is 43.9 Å². The Morgan fingerprint density at radius 2 is 1.32 bits per heavy atom. The van der Waals surface area contributed by atoms with Gasteiger partial charge in [-0.2, -0.15) is 0 Å². The monoisotopic (exact) mass is 972 g/mol. The molecule has 10 rings (SSSR count). The maximum atomic E-state index is 6.66. The van der Waals surface area contributed by atoms with Crippen molar-refractivity contribution >= 4 is 46.2 Å². The smallest absolute Gasteiger partial charge is 0.121 e. The number of nitrogens with zero attached hydrogens (tertiary/aromatic N) is 3. The van der Waals surface area contributed by atoms with E-state index in [2.05, 4.69) is 189 Å². The Labute approximate surface area is 367 Å². The van der Waals surface area contributed by atoms with E-state index in [1.807, 2.05) is 42.6 Å². The number of pyridine rings is 1. The fourth-order valence-electron chi connectivity index (χ4n) is 7.74. The molecule has 0 atom stereocenters. The molecule has 0 fully saturated rings. The summed E-state index contributed by atoms with van der Waals surface area (Å²) >= 11 is 0. The molecule has 297 valence electrons. The predicted molar refractivity (Wildman–Crippen MR) is 249 cm³/mol. The van der Waals surface area contributed by atoms with E-state index in [0.29, 0.717) is 5.92 Å². The van der Waals surface area contributed by atoms with Crippen molar-refractivity contribution in [3.05, 3.63) is 194 Å². The first kappa shape index (κ1) is 40.6.